The minimum absolute atomic E-state index is 0.128. The third-order valence-corrected chi connectivity index (χ3v) is 14.5. The van der Waals surface area contributed by atoms with Gasteiger partial charge in [0.1, 0.15) is 29.2 Å². The lowest BCUT2D eigenvalue weighted by Gasteiger charge is -2.35. The van der Waals surface area contributed by atoms with Gasteiger partial charge in [-0.3, -0.25) is 19.1 Å². The zero-order chi connectivity index (χ0) is 40.4. The Hall–Kier alpha value is -4.75. The number of nitrogens with one attached hydrogen (secondary N) is 3. The Morgan fingerprint density at radius 1 is 1.03 bits per heavy atom. The summed E-state index contributed by atoms with van der Waals surface area (Å²) in [5, 5.41) is 6.75. The number of nitrogens with zero attached hydrogens (tertiary/aromatic N) is 2. The first-order valence-corrected chi connectivity index (χ1v) is 22.6. The molecule has 2 aromatic carbocycles. The summed E-state index contributed by atoms with van der Waals surface area (Å²) >= 11 is 0. The number of benzene rings is 2. The molecule has 3 heterocycles. The average Bonchev–Trinajstić information content (AvgIpc) is 4.17. The van der Waals surface area contributed by atoms with Crippen molar-refractivity contribution in [3.8, 4) is 22.8 Å². The van der Waals surface area contributed by atoms with Gasteiger partial charge in [-0.05, 0) is 69.9 Å². The van der Waals surface area contributed by atoms with Crippen molar-refractivity contribution >= 4 is 44.7 Å². The largest absolute Gasteiger partial charge is 0.496 e. The van der Waals surface area contributed by atoms with E-state index >= 15 is 0 Å². The van der Waals surface area contributed by atoms with Crippen LogP contribution < -0.4 is 24.8 Å². The van der Waals surface area contributed by atoms with Crippen LogP contribution in [0.5, 0.6) is 11.5 Å². The van der Waals surface area contributed by atoms with E-state index in [4.69, 9.17) is 14.5 Å². The standard InChI is InChI=1S/C45H55N5O7S/c1-3-32-27-45(32,44(53)49-58(54,55)34-20-21-34)48-42(51)38-24-33-28-50(38)43(52)41(30-17-12-8-13-18-30)46-22-14-6-4-5-9-19-31-23-35-37(26-39(31)56-2)47-36(25-40(35)57-33)29-15-10-7-11-16-29/h3,7,9-11,15-16,19,23,25-26,30,32-34,38,41,46H,1,4-6,8,12-14,17-18,20-22,24,27-28H2,2H3,(H,48,51)(H,49,53)/t32-,33-,38-,41+,45-/m1/s1. The number of hydrogen-bond donors (Lipinski definition) is 3. The molecule has 0 unspecified atom stereocenters. The summed E-state index contributed by atoms with van der Waals surface area (Å²) in [4.78, 5) is 50.0. The monoisotopic (exact) mass is 809 g/mol. The molecule has 5 aliphatic rings. The van der Waals surface area contributed by atoms with Crippen molar-refractivity contribution in [1.29, 1.82) is 0 Å². The van der Waals surface area contributed by atoms with Gasteiger partial charge in [0.15, 0.2) is 0 Å². The Balaban J connectivity index is 1.17. The van der Waals surface area contributed by atoms with Crippen molar-refractivity contribution in [2.24, 2.45) is 11.8 Å². The van der Waals surface area contributed by atoms with Crippen LogP contribution in [0.1, 0.15) is 89.0 Å². The maximum atomic E-state index is 15.0. The lowest BCUT2D eigenvalue weighted by atomic mass is 9.83. The molecule has 58 heavy (non-hydrogen) atoms. The molecule has 3 aromatic rings. The number of sulfonamides is 1. The molecule has 3 saturated carbocycles. The van der Waals surface area contributed by atoms with Crippen molar-refractivity contribution in [2.75, 3.05) is 20.2 Å². The third kappa shape index (κ3) is 8.38. The molecule has 4 bridgehead atoms. The molecule has 0 radical (unpaired) electrons. The van der Waals surface area contributed by atoms with Gasteiger partial charge in [-0.1, -0.05) is 74.2 Å². The van der Waals surface area contributed by atoms with Gasteiger partial charge in [0.05, 0.1) is 36.2 Å². The van der Waals surface area contributed by atoms with Gasteiger partial charge in [0.2, 0.25) is 21.8 Å². The predicted octanol–water partition coefficient (Wildman–Crippen LogP) is 6.05. The van der Waals surface area contributed by atoms with Gasteiger partial charge in [-0.15, -0.1) is 6.58 Å². The molecule has 13 heteroatoms. The molecular formula is C45H55N5O7S. The number of carbonyl (C=O) groups excluding carboxylic acids is 3. The molecule has 1 saturated heterocycles. The fraction of sp³-hybridized carbons (Fsp3) is 0.511. The third-order valence-electron chi connectivity index (χ3n) is 12.7. The van der Waals surface area contributed by atoms with Gasteiger partial charge in [0.25, 0.3) is 5.91 Å². The van der Waals surface area contributed by atoms with E-state index in [1.54, 1.807) is 18.1 Å². The van der Waals surface area contributed by atoms with Crippen molar-refractivity contribution in [3.05, 3.63) is 72.8 Å². The first-order chi connectivity index (χ1) is 28.1. The van der Waals surface area contributed by atoms with Crippen LogP contribution in [0.2, 0.25) is 0 Å². The molecule has 4 fully saturated rings. The first-order valence-electron chi connectivity index (χ1n) is 21.1. The zero-order valence-corrected chi connectivity index (χ0v) is 34.1. The number of amides is 3. The van der Waals surface area contributed by atoms with Crippen LogP contribution in [0.15, 0.2) is 67.3 Å². The van der Waals surface area contributed by atoms with Gasteiger partial charge < -0.3 is 25.0 Å². The molecule has 3 aliphatic carbocycles. The number of hydrogen-bond acceptors (Lipinski definition) is 9. The fourth-order valence-electron chi connectivity index (χ4n) is 9.11. The highest BCUT2D eigenvalue weighted by molar-refractivity contribution is 7.91. The van der Waals surface area contributed by atoms with E-state index in [1.165, 1.54) is 0 Å². The number of carbonyl (C=O) groups is 3. The van der Waals surface area contributed by atoms with Crippen LogP contribution in [-0.2, 0) is 24.4 Å². The number of allylic oxidation sites excluding steroid dienone is 1. The highest BCUT2D eigenvalue weighted by atomic mass is 32.2. The fourth-order valence-corrected chi connectivity index (χ4v) is 10.5. The number of rotatable bonds is 9. The normalized spacial score (nSPS) is 27.0. The molecule has 308 valence electrons. The Kier molecular flexibility index (Phi) is 11.6. The molecule has 1 aromatic heterocycles. The number of ether oxygens (including phenoxy) is 2. The van der Waals surface area contributed by atoms with Crippen LogP contribution >= 0.6 is 0 Å². The van der Waals surface area contributed by atoms with E-state index in [-0.39, 0.29) is 31.2 Å². The summed E-state index contributed by atoms with van der Waals surface area (Å²) in [7, 11) is -2.21. The Morgan fingerprint density at radius 2 is 1.81 bits per heavy atom. The van der Waals surface area contributed by atoms with Gasteiger partial charge in [-0.2, -0.15) is 0 Å². The topological polar surface area (TPSA) is 156 Å². The minimum Gasteiger partial charge on any atom is -0.496 e. The zero-order valence-electron chi connectivity index (χ0n) is 33.3. The Bertz CT molecular complexity index is 2190. The Morgan fingerprint density at radius 3 is 2.53 bits per heavy atom. The predicted molar refractivity (Wildman–Crippen MR) is 223 cm³/mol. The van der Waals surface area contributed by atoms with Crippen LogP contribution in [0.25, 0.3) is 28.2 Å². The van der Waals surface area contributed by atoms with Gasteiger partial charge in [-0.25, -0.2) is 13.4 Å². The maximum Gasteiger partial charge on any atom is 0.259 e. The molecule has 2 aliphatic heterocycles. The summed E-state index contributed by atoms with van der Waals surface area (Å²) in [6.07, 6.45) is 15.5. The number of aromatic nitrogens is 1. The quantitative estimate of drug-likeness (QED) is 0.219. The second-order valence-corrected chi connectivity index (χ2v) is 18.7. The summed E-state index contributed by atoms with van der Waals surface area (Å²) in [6, 6.07) is 14.3. The summed E-state index contributed by atoms with van der Waals surface area (Å²) in [5.74, 6) is -0.502. The second kappa shape index (κ2) is 16.8. The SMILES string of the molecule is C=C[C@@H]1C[C@]1(NC(=O)[C@H]1C[C@@H]2CN1C(=O)[C@H](C1CCCCC1)NCCCCCC=Cc1cc3c(cc(-c4ccccc4)nc3cc1OC)O2)C(=O)NS(=O)(=O)C1CC1. The first kappa shape index (κ1) is 40.0. The lowest BCUT2D eigenvalue weighted by molar-refractivity contribution is -0.142. The van der Waals surface area contributed by atoms with Crippen molar-refractivity contribution in [2.45, 2.75) is 112 Å². The smallest absolute Gasteiger partial charge is 0.259 e. The van der Waals surface area contributed by atoms with E-state index in [1.807, 2.05) is 48.5 Å². The molecule has 0 spiro atoms. The molecule has 3 amide bonds. The molecule has 8 rings (SSSR count). The van der Waals surface area contributed by atoms with E-state index in [0.29, 0.717) is 42.1 Å². The van der Waals surface area contributed by atoms with Crippen molar-refractivity contribution in [1.82, 2.24) is 25.2 Å². The van der Waals surface area contributed by atoms with Crippen LogP contribution in [0.3, 0.4) is 0 Å². The summed E-state index contributed by atoms with van der Waals surface area (Å²) in [5.41, 5.74) is 1.70. The number of methoxy groups -OCH3 is 1. The lowest BCUT2D eigenvalue weighted by Crippen LogP contribution is -2.59. The summed E-state index contributed by atoms with van der Waals surface area (Å²) in [6.45, 7) is 4.68. The van der Waals surface area contributed by atoms with E-state index in [2.05, 4.69) is 34.1 Å². The molecule has 12 nitrogen and oxygen atoms in total. The second-order valence-electron chi connectivity index (χ2n) is 16.7. The van der Waals surface area contributed by atoms with E-state index < -0.39 is 56.7 Å². The Labute approximate surface area is 341 Å². The number of pyridine rings is 1. The van der Waals surface area contributed by atoms with E-state index in [0.717, 1.165) is 74.3 Å². The van der Waals surface area contributed by atoms with Crippen molar-refractivity contribution < 1.29 is 32.3 Å². The van der Waals surface area contributed by atoms with Gasteiger partial charge in [0, 0.05) is 41.0 Å². The maximum absolute atomic E-state index is 15.0. The van der Waals surface area contributed by atoms with Gasteiger partial charge >= 0.3 is 0 Å². The molecule has 3 N–H and O–H groups in total. The van der Waals surface area contributed by atoms with Crippen molar-refractivity contribution in [3.63, 3.8) is 0 Å². The highest BCUT2D eigenvalue weighted by Gasteiger charge is 2.62. The minimum atomic E-state index is -3.86. The van der Waals surface area contributed by atoms with Crippen LogP contribution in [-0.4, -0.2) is 85.2 Å². The number of fused-ring (bicyclic) bond motifs is 3. The molecule has 5 atom stereocenters. The van der Waals surface area contributed by atoms with Crippen LogP contribution in [0.4, 0.5) is 0 Å². The molecular weight excluding hydrogens is 755 g/mol. The average molecular weight is 810 g/mol. The summed E-state index contributed by atoms with van der Waals surface area (Å²) < 4.78 is 40.7. The highest BCUT2D eigenvalue weighted by Crippen LogP contribution is 2.46. The van der Waals surface area contributed by atoms with Crippen LogP contribution in [0, 0.1) is 11.8 Å². The van der Waals surface area contributed by atoms with E-state index in [9.17, 15) is 22.8 Å².